The highest BCUT2D eigenvalue weighted by Crippen LogP contribution is 2.43. The lowest BCUT2D eigenvalue weighted by molar-refractivity contribution is -0.268. The Labute approximate surface area is 254 Å². The van der Waals surface area contributed by atoms with Crippen LogP contribution in [0.15, 0.2) is 77.1 Å². The van der Waals surface area contributed by atoms with E-state index >= 15 is 0 Å². The Kier molecular flexibility index (Phi) is 10.2. The number of benzene rings is 3. The van der Waals surface area contributed by atoms with Crippen molar-refractivity contribution in [2.45, 2.75) is 56.8 Å². The number of rotatable bonds is 10. The van der Waals surface area contributed by atoms with E-state index in [1.807, 2.05) is 62.4 Å². The van der Waals surface area contributed by atoms with E-state index in [0.717, 1.165) is 48.5 Å². The molecule has 4 atom stereocenters. The first kappa shape index (κ1) is 30.2. The van der Waals surface area contributed by atoms with Crippen molar-refractivity contribution in [3.8, 4) is 11.1 Å². The molecule has 8 nitrogen and oxygen atoms in total. The van der Waals surface area contributed by atoms with Crippen LogP contribution in [0.5, 0.6) is 0 Å². The van der Waals surface area contributed by atoms with E-state index in [4.69, 9.17) is 9.47 Å². The fraction of sp³-hybridized carbons (Fsp3) is 0.344. The number of carbonyl (C=O) groups excluding carboxylic acids is 1. The van der Waals surface area contributed by atoms with Crippen molar-refractivity contribution in [2.75, 3.05) is 12.3 Å². The lowest BCUT2D eigenvalue weighted by atomic mass is 9.91. The highest BCUT2D eigenvalue weighted by molar-refractivity contribution is 8.01. The molecule has 1 fully saturated rings. The second kappa shape index (κ2) is 14.3. The first-order chi connectivity index (χ1) is 20.4. The van der Waals surface area contributed by atoms with Crippen molar-refractivity contribution in [3.05, 3.63) is 100 Å². The topological polar surface area (TPSA) is 106 Å². The van der Waals surface area contributed by atoms with Gasteiger partial charge < -0.3 is 25.2 Å². The minimum absolute atomic E-state index is 0.00359. The van der Waals surface area contributed by atoms with E-state index in [-0.39, 0.29) is 30.8 Å². The van der Waals surface area contributed by atoms with E-state index in [0.29, 0.717) is 13.1 Å². The van der Waals surface area contributed by atoms with Gasteiger partial charge in [-0.3, -0.25) is 0 Å². The molecule has 1 saturated heterocycles. The molecule has 3 aromatic carbocycles. The number of urea groups is 1. The maximum absolute atomic E-state index is 11.9. The molecule has 1 aliphatic heterocycles. The minimum Gasteiger partial charge on any atom is -0.392 e. The Morgan fingerprint density at radius 3 is 2.43 bits per heavy atom. The van der Waals surface area contributed by atoms with Gasteiger partial charge in [-0.15, -0.1) is 10.2 Å². The third-order valence-corrected chi connectivity index (χ3v) is 9.27. The molecule has 2 heterocycles. The molecule has 0 aliphatic carbocycles. The minimum atomic E-state index is -0.562. The molecule has 4 aromatic rings. The molecular weight excluding hydrogens is 569 g/mol. The monoisotopic (exact) mass is 604 g/mol. The summed E-state index contributed by atoms with van der Waals surface area (Å²) in [5.41, 5.74) is 5.95. The van der Waals surface area contributed by atoms with Gasteiger partial charge in [-0.05, 0) is 53.8 Å². The van der Waals surface area contributed by atoms with Gasteiger partial charge in [0.05, 0.1) is 18.8 Å². The molecule has 0 saturated carbocycles. The van der Waals surface area contributed by atoms with Crippen LogP contribution in [0.3, 0.4) is 0 Å². The Morgan fingerprint density at radius 2 is 1.71 bits per heavy atom. The molecule has 2 amide bonds. The van der Waals surface area contributed by atoms with Crippen LogP contribution >= 0.6 is 23.1 Å². The van der Waals surface area contributed by atoms with Crippen LogP contribution in [-0.4, -0.2) is 39.7 Å². The van der Waals surface area contributed by atoms with Crippen LogP contribution in [0.2, 0.25) is 0 Å². The predicted molar refractivity (Wildman–Crippen MR) is 166 cm³/mol. The number of nitrogens with zero attached hydrogens (tertiary/aromatic N) is 2. The number of ether oxygens (including phenoxy) is 2. The second-order valence-corrected chi connectivity index (χ2v) is 12.7. The summed E-state index contributed by atoms with van der Waals surface area (Å²) in [6.07, 6.45) is -0.841. The van der Waals surface area contributed by atoms with Gasteiger partial charge >= 0.3 is 6.03 Å². The van der Waals surface area contributed by atoms with E-state index in [2.05, 4.69) is 52.0 Å². The summed E-state index contributed by atoms with van der Waals surface area (Å²) in [6.45, 7) is 7.04. The van der Waals surface area contributed by atoms with E-state index in [1.54, 1.807) is 23.1 Å². The van der Waals surface area contributed by atoms with E-state index < -0.39 is 6.29 Å². The van der Waals surface area contributed by atoms with Crippen LogP contribution in [0.25, 0.3) is 11.1 Å². The summed E-state index contributed by atoms with van der Waals surface area (Å²) in [7, 11) is 0. The number of hydrogen-bond donors (Lipinski definition) is 3. The first-order valence-electron chi connectivity index (χ1n) is 14.1. The molecule has 1 aliphatic rings. The molecule has 5 rings (SSSR count). The van der Waals surface area contributed by atoms with Gasteiger partial charge in [-0.1, -0.05) is 90.7 Å². The molecule has 42 heavy (non-hydrogen) atoms. The molecule has 0 radical (unpaired) electrons. The van der Waals surface area contributed by atoms with Gasteiger partial charge in [0.15, 0.2) is 10.6 Å². The maximum Gasteiger partial charge on any atom is 0.315 e. The lowest BCUT2D eigenvalue weighted by Gasteiger charge is -2.41. The molecular formula is C32H36N4O4S2. The van der Waals surface area contributed by atoms with Crippen LogP contribution < -0.4 is 10.6 Å². The number of aromatic nitrogens is 2. The fourth-order valence-corrected chi connectivity index (χ4v) is 6.94. The molecule has 0 unspecified atom stereocenters. The van der Waals surface area contributed by atoms with Crippen LogP contribution in [0, 0.1) is 12.8 Å². The molecule has 220 valence electrons. The van der Waals surface area contributed by atoms with Crippen molar-refractivity contribution in [3.63, 3.8) is 0 Å². The number of carbonyl (C=O) groups is 1. The van der Waals surface area contributed by atoms with Gasteiger partial charge in [-0.2, -0.15) is 0 Å². The quantitative estimate of drug-likeness (QED) is 0.180. The van der Waals surface area contributed by atoms with Gasteiger partial charge in [0.25, 0.3) is 0 Å². The summed E-state index contributed by atoms with van der Waals surface area (Å²) in [5, 5.41) is 24.5. The summed E-state index contributed by atoms with van der Waals surface area (Å²) in [5.74, 6) is 0.807. The van der Waals surface area contributed by atoms with Crippen molar-refractivity contribution in [1.29, 1.82) is 0 Å². The molecule has 1 aromatic heterocycles. The van der Waals surface area contributed by atoms with Crippen molar-refractivity contribution < 1.29 is 19.4 Å². The lowest BCUT2D eigenvalue weighted by Crippen LogP contribution is -2.38. The Morgan fingerprint density at radius 1 is 0.952 bits per heavy atom. The van der Waals surface area contributed by atoms with E-state index in [9.17, 15) is 9.90 Å². The third kappa shape index (κ3) is 7.56. The Balaban J connectivity index is 1.38. The Hall–Kier alpha value is -3.28. The van der Waals surface area contributed by atoms with E-state index in [1.165, 1.54) is 0 Å². The highest BCUT2D eigenvalue weighted by Gasteiger charge is 2.38. The number of aliphatic hydroxyl groups excluding tert-OH is 1. The zero-order valence-electron chi connectivity index (χ0n) is 23.9. The zero-order chi connectivity index (χ0) is 29.5. The van der Waals surface area contributed by atoms with Crippen molar-refractivity contribution in [2.24, 2.45) is 5.92 Å². The summed E-state index contributed by atoms with van der Waals surface area (Å²) in [4.78, 5) is 11.9. The molecule has 0 spiro atoms. The number of aryl methyl sites for hydroxylation is 1. The van der Waals surface area contributed by atoms with Gasteiger partial charge in [0, 0.05) is 30.3 Å². The van der Waals surface area contributed by atoms with Crippen LogP contribution in [0.4, 0.5) is 4.79 Å². The van der Waals surface area contributed by atoms with Gasteiger partial charge in [-0.25, -0.2) is 4.79 Å². The summed E-state index contributed by atoms with van der Waals surface area (Å²) >= 11 is 3.25. The van der Waals surface area contributed by atoms with Gasteiger partial charge in [0.2, 0.25) is 0 Å². The number of thioether (sulfide) groups is 1. The number of aliphatic hydroxyl groups is 1. The average molecular weight is 605 g/mol. The third-order valence-electron chi connectivity index (χ3n) is 7.21. The van der Waals surface area contributed by atoms with Crippen LogP contribution in [-0.2, 0) is 22.6 Å². The number of nitrogens with one attached hydrogen (secondary N) is 2. The predicted octanol–water partition coefficient (Wildman–Crippen LogP) is 6.41. The summed E-state index contributed by atoms with van der Waals surface area (Å²) in [6, 6.07) is 24.2. The standard InChI is InChI=1S/C32H36N4O4S2/c1-4-33-31(38)34-17-23-7-5-8-25(15-23)26-9-6-10-27(16-26)30-39-28(19-41-32-36-35-21(3)42-32)20(2)29(40-30)24-13-11-22(18-37)12-14-24/h5-16,20,28-30,37H,4,17-19H2,1-3H3,(H2,33,34,38)/t20-,28+,29+,30+/m0/s1. The first-order valence-corrected chi connectivity index (χ1v) is 15.9. The Bertz CT molecular complexity index is 1480. The molecule has 0 bridgehead atoms. The van der Waals surface area contributed by atoms with Crippen LogP contribution in [0.1, 0.15) is 53.5 Å². The van der Waals surface area contributed by atoms with Crippen molar-refractivity contribution in [1.82, 2.24) is 20.8 Å². The number of hydrogen-bond acceptors (Lipinski definition) is 8. The second-order valence-electron chi connectivity index (χ2n) is 10.3. The zero-order valence-corrected chi connectivity index (χ0v) is 25.6. The smallest absolute Gasteiger partial charge is 0.315 e. The average Bonchev–Trinajstić information content (AvgIpc) is 3.44. The molecule has 10 heteroatoms. The highest BCUT2D eigenvalue weighted by atomic mass is 32.2. The molecule has 3 N–H and O–H groups in total. The normalized spacial score (nSPS) is 20.3. The fourth-order valence-electron chi connectivity index (χ4n) is 4.93. The number of amides is 2. The van der Waals surface area contributed by atoms with Crippen molar-refractivity contribution >= 4 is 29.1 Å². The maximum atomic E-state index is 11.9. The largest absolute Gasteiger partial charge is 0.392 e. The van der Waals surface area contributed by atoms with Gasteiger partial charge in [0.1, 0.15) is 5.01 Å². The SMILES string of the molecule is CCNC(=O)NCc1cccc(-c2cccc([C@@H]3O[C@H](CSc4nnc(C)s4)[C@H](C)[C@H](c4ccc(CO)cc4)O3)c2)c1. The summed E-state index contributed by atoms with van der Waals surface area (Å²) < 4.78 is 14.2.